The number of carbonyl (C=O) groups is 6. The van der Waals surface area contributed by atoms with E-state index in [2.05, 4.69) is 56.2 Å². The number of nitrogens with zero attached hydrogens (tertiary/aromatic N) is 8. The van der Waals surface area contributed by atoms with Crippen molar-refractivity contribution in [1.29, 1.82) is 0 Å². The maximum atomic E-state index is 14.0. The first-order valence-corrected chi connectivity index (χ1v) is 28.7. The van der Waals surface area contributed by atoms with Gasteiger partial charge in [0, 0.05) is 93.7 Å². The van der Waals surface area contributed by atoms with Gasteiger partial charge in [-0.05, 0) is 85.2 Å². The molecule has 4 aromatic heterocycles. The number of piperazine rings is 1. The third-order valence-electron chi connectivity index (χ3n) is 15.9. The number of fused-ring (bicyclic) bond motifs is 4. The van der Waals surface area contributed by atoms with Crippen LogP contribution in [0.1, 0.15) is 88.1 Å². The molecule has 0 bridgehead atoms. The van der Waals surface area contributed by atoms with Gasteiger partial charge in [-0.3, -0.25) is 48.7 Å². The Morgan fingerprint density at radius 2 is 1.51 bits per heavy atom. The molecule has 5 aromatic rings. The SMILES string of the molecule is C[C@@H]1CN(C(=O)CCOCCOCCOCCOCCOCCNc2cccc3c2C(=O)N(C2CCC(=O)NC2=O)C3=O)CCN1c1ccc(Nc2cc(-c3ccnc(N4CCn5c(cc6c5CC(C)(C)C6)C4=O)c3CO)cn(C)c2=O)nc1. The molecule has 8 heterocycles. The third kappa shape index (κ3) is 13.1. The molecule has 2 fully saturated rings. The number of hydrogen-bond donors (Lipinski definition) is 4. The highest BCUT2D eigenvalue weighted by atomic mass is 16.6. The highest BCUT2D eigenvalue weighted by Crippen LogP contribution is 2.41. The van der Waals surface area contributed by atoms with Gasteiger partial charge in [-0.25, -0.2) is 9.97 Å². The maximum absolute atomic E-state index is 14.0. The van der Waals surface area contributed by atoms with Gasteiger partial charge in [0.05, 0.1) is 102 Å². The minimum absolute atomic E-state index is 0.0202. The summed E-state index contributed by atoms with van der Waals surface area (Å²) in [6.45, 7) is 12.8. The van der Waals surface area contributed by atoms with Gasteiger partial charge in [-0.2, -0.15) is 0 Å². The number of hydrogen-bond acceptors (Lipinski definition) is 18. The number of imide groups is 2. The second-order valence-electron chi connectivity index (χ2n) is 22.3. The van der Waals surface area contributed by atoms with Crippen LogP contribution >= 0.6 is 0 Å². The highest BCUT2D eigenvalue weighted by Gasteiger charge is 2.46. The van der Waals surface area contributed by atoms with Crippen LogP contribution in [0, 0.1) is 5.41 Å². The van der Waals surface area contributed by atoms with E-state index in [1.807, 2.05) is 23.1 Å². The number of benzene rings is 1. The predicted molar refractivity (Wildman–Crippen MR) is 309 cm³/mol. The Morgan fingerprint density at radius 1 is 0.786 bits per heavy atom. The topological polar surface area (TPSA) is 271 Å². The number of pyridine rings is 3. The molecule has 0 radical (unpaired) electrons. The van der Waals surface area contributed by atoms with Crippen LogP contribution in [-0.2, 0) is 71.1 Å². The first-order valence-electron chi connectivity index (χ1n) is 28.7. The van der Waals surface area contributed by atoms with Crippen molar-refractivity contribution in [2.75, 3.05) is 119 Å². The lowest BCUT2D eigenvalue weighted by Gasteiger charge is -2.41. The minimum Gasteiger partial charge on any atom is -0.392 e. The van der Waals surface area contributed by atoms with Crippen LogP contribution in [0.2, 0.25) is 0 Å². The molecule has 84 heavy (non-hydrogen) atoms. The Morgan fingerprint density at radius 3 is 2.20 bits per heavy atom. The molecule has 0 spiro atoms. The number of amides is 6. The van der Waals surface area contributed by atoms with Crippen LogP contribution in [0.4, 0.5) is 28.7 Å². The summed E-state index contributed by atoms with van der Waals surface area (Å²) in [5, 5.41) is 19.3. The zero-order chi connectivity index (χ0) is 59.1. The fraction of sp³-hybridized carbons (Fsp3) is 0.483. The first kappa shape index (κ1) is 59.3. The van der Waals surface area contributed by atoms with Gasteiger partial charge in [-0.15, -0.1) is 0 Å². The van der Waals surface area contributed by atoms with E-state index in [0.29, 0.717) is 138 Å². The predicted octanol–water partition coefficient (Wildman–Crippen LogP) is 3.69. The fourth-order valence-corrected chi connectivity index (χ4v) is 11.8. The van der Waals surface area contributed by atoms with Crippen molar-refractivity contribution >= 4 is 64.1 Å². The number of piperidine rings is 1. The average molecular weight is 1160 g/mol. The first-order chi connectivity index (χ1) is 40.6. The normalized spacial score (nSPS) is 18.3. The molecule has 1 aliphatic carbocycles. The van der Waals surface area contributed by atoms with E-state index in [9.17, 15) is 38.7 Å². The van der Waals surface area contributed by atoms with Crippen molar-refractivity contribution in [3.8, 4) is 11.1 Å². The highest BCUT2D eigenvalue weighted by molar-refractivity contribution is 6.25. The van der Waals surface area contributed by atoms with Gasteiger partial charge in [0.1, 0.15) is 29.1 Å². The number of aliphatic hydroxyl groups excluding tert-OH is 1. The lowest BCUT2D eigenvalue weighted by atomic mass is 9.90. The van der Waals surface area contributed by atoms with Crippen LogP contribution in [0.25, 0.3) is 11.1 Å². The van der Waals surface area contributed by atoms with Crippen LogP contribution in [-0.4, -0.2) is 180 Å². The molecule has 5 aliphatic rings. The molecule has 24 heteroatoms. The third-order valence-corrected chi connectivity index (χ3v) is 15.9. The number of rotatable bonds is 26. The summed E-state index contributed by atoms with van der Waals surface area (Å²) in [6, 6.07) is 13.2. The van der Waals surface area contributed by atoms with Crippen molar-refractivity contribution in [3.63, 3.8) is 0 Å². The number of ether oxygens (including phenoxy) is 5. The van der Waals surface area contributed by atoms with E-state index in [0.717, 1.165) is 23.4 Å². The van der Waals surface area contributed by atoms with E-state index in [1.165, 1.54) is 15.8 Å². The van der Waals surface area contributed by atoms with E-state index >= 15 is 0 Å². The summed E-state index contributed by atoms with van der Waals surface area (Å²) >= 11 is 0. The molecule has 4 N–H and O–H groups in total. The second kappa shape index (κ2) is 26.4. The van der Waals surface area contributed by atoms with Gasteiger partial charge < -0.3 is 58.4 Å². The standard InChI is InChI=1S/C60H73N11O13/c1-38-35-67(52(74)13-20-80-22-24-82-26-28-84-29-27-83-25-23-81-21-15-61-45-7-5-6-43-53(45)59(79)71(56(43)76)47-9-11-51(73)65-55(47)75)16-17-68(38)41-8-10-50(63-34-41)64-46-30-40(36-66(4)57(46)77)42-12-14-62-54(44(42)37-72)70-19-18-69-48(58(70)78)31-39-32-60(2,3)33-49(39)69/h5-8,10,12,14,30-31,34,36,38,47,61,72H,9,11,13,15-29,32-33,35,37H2,1-4H3,(H,63,64)(H,65,73,75)/t38-,47?/m1/s1. The molecule has 1 unspecified atom stereocenters. The monoisotopic (exact) mass is 1160 g/mol. The van der Waals surface area contributed by atoms with Crippen LogP contribution in [0.15, 0.2) is 71.9 Å². The number of anilines is 5. The lowest BCUT2D eigenvalue weighted by molar-refractivity contribution is -0.136. The van der Waals surface area contributed by atoms with E-state index in [-0.39, 0.29) is 78.1 Å². The van der Waals surface area contributed by atoms with Crippen LogP contribution < -0.4 is 31.3 Å². The summed E-state index contributed by atoms with van der Waals surface area (Å²) in [5.41, 5.74) is 6.83. The summed E-state index contributed by atoms with van der Waals surface area (Å²) in [7, 11) is 1.67. The van der Waals surface area contributed by atoms with E-state index in [4.69, 9.17) is 23.7 Å². The van der Waals surface area contributed by atoms with Crippen molar-refractivity contribution < 1.29 is 57.6 Å². The van der Waals surface area contributed by atoms with Gasteiger partial charge in [0.25, 0.3) is 23.3 Å². The smallest absolute Gasteiger partial charge is 0.276 e. The van der Waals surface area contributed by atoms with Crippen molar-refractivity contribution in [2.24, 2.45) is 12.5 Å². The maximum Gasteiger partial charge on any atom is 0.276 e. The molecule has 10 rings (SSSR count). The molecular formula is C60H73N11O13. The summed E-state index contributed by atoms with van der Waals surface area (Å²) < 4.78 is 31.7. The Kier molecular flexibility index (Phi) is 18.6. The molecular weight excluding hydrogens is 1080 g/mol. The van der Waals surface area contributed by atoms with Gasteiger partial charge in [0.15, 0.2) is 0 Å². The Balaban J connectivity index is 0.575. The Bertz CT molecular complexity index is 3340. The fourth-order valence-electron chi connectivity index (χ4n) is 11.8. The van der Waals surface area contributed by atoms with Crippen molar-refractivity contribution in [1.82, 2.24) is 34.2 Å². The lowest BCUT2D eigenvalue weighted by Crippen LogP contribution is -2.54. The number of carbonyl (C=O) groups excluding carboxylic acids is 6. The Hall–Kier alpha value is -7.87. The zero-order valence-electron chi connectivity index (χ0n) is 48.0. The van der Waals surface area contributed by atoms with Gasteiger partial charge in [0.2, 0.25) is 17.7 Å². The van der Waals surface area contributed by atoms with Gasteiger partial charge >= 0.3 is 0 Å². The second-order valence-corrected chi connectivity index (χ2v) is 22.3. The molecule has 24 nitrogen and oxygen atoms in total. The molecule has 446 valence electrons. The molecule has 6 amide bonds. The molecule has 1 aromatic carbocycles. The summed E-state index contributed by atoms with van der Waals surface area (Å²) in [6.07, 6.45) is 7.34. The number of aryl methyl sites for hydroxylation is 1. The number of nitrogens with one attached hydrogen (secondary N) is 3. The summed E-state index contributed by atoms with van der Waals surface area (Å²) in [4.78, 5) is 107. The van der Waals surface area contributed by atoms with E-state index < -0.39 is 29.7 Å². The Labute approximate surface area is 486 Å². The average Bonchev–Trinajstić information content (AvgIpc) is 2.29. The number of aromatic nitrogens is 4. The minimum atomic E-state index is -1.03. The molecule has 2 atom stereocenters. The quantitative estimate of drug-likeness (QED) is 0.0454. The van der Waals surface area contributed by atoms with Crippen LogP contribution in [0.3, 0.4) is 0 Å². The summed E-state index contributed by atoms with van der Waals surface area (Å²) in [5.74, 6) is -1.49. The van der Waals surface area contributed by atoms with Crippen LogP contribution in [0.5, 0.6) is 0 Å². The van der Waals surface area contributed by atoms with Crippen molar-refractivity contribution in [2.45, 2.75) is 78.1 Å². The van der Waals surface area contributed by atoms with Crippen molar-refractivity contribution in [3.05, 3.63) is 111 Å². The van der Waals surface area contributed by atoms with Gasteiger partial charge in [-0.1, -0.05) is 19.9 Å². The molecule has 2 saturated heterocycles. The largest absolute Gasteiger partial charge is 0.392 e. The number of aliphatic hydroxyl groups is 1. The van der Waals surface area contributed by atoms with E-state index in [1.54, 1.807) is 60.9 Å². The molecule has 0 saturated carbocycles. The zero-order valence-corrected chi connectivity index (χ0v) is 48.0. The molecule has 4 aliphatic heterocycles.